The lowest BCUT2D eigenvalue weighted by molar-refractivity contribution is 0.161. The molecule has 3 unspecified atom stereocenters. The second-order valence-corrected chi connectivity index (χ2v) is 6.05. The standard InChI is InChI=1S/C16H25NO/c1-12-7-8-13(2)16(17,10-12)11-14-5-4-6-15(9-14)18-3/h4-6,9,12-13H,7-8,10-11,17H2,1-3H3. The number of rotatable bonds is 3. The van der Waals surface area contributed by atoms with Crippen molar-refractivity contribution >= 4 is 0 Å². The summed E-state index contributed by atoms with van der Waals surface area (Å²) in [7, 11) is 1.71. The van der Waals surface area contributed by atoms with Gasteiger partial charge in [0.1, 0.15) is 5.75 Å². The van der Waals surface area contributed by atoms with Crippen LogP contribution in [0, 0.1) is 11.8 Å². The number of hydrogen-bond acceptors (Lipinski definition) is 2. The maximum atomic E-state index is 6.68. The molecule has 0 aromatic heterocycles. The molecule has 0 amide bonds. The van der Waals surface area contributed by atoms with E-state index in [9.17, 15) is 0 Å². The van der Waals surface area contributed by atoms with E-state index in [1.165, 1.54) is 18.4 Å². The molecule has 0 heterocycles. The van der Waals surface area contributed by atoms with Gasteiger partial charge in [-0.2, -0.15) is 0 Å². The molecule has 1 fully saturated rings. The minimum absolute atomic E-state index is 0.0516. The van der Waals surface area contributed by atoms with Crippen LogP contribution in [0.15, 0.2) is 24.3 Å². The Balaban J connectivity index is 2.15. The molecule has 1 aliphatic carbocycles. The maximum absolute atomic E-state index is 6.68. The van der Waals surface area contributed by atoms with Crippen molar-refractivity contribution in [2.24, 2.45) is 17.6 Å². The Kier molecular flexibility index (Phi) is 3.96. The first-order valence-electron chi connectivity index (χ1n) is 6.95. The average molecular weight is 247 g/mol. The average Bonchev–Trinajstić information content (AvgIpc) is 2.34. The van der Waals surface area contributed by atoms with E-state index in [0.717, 1.165) is 24.5 Å². The summed E-state index contributed by atoms with van der Waals surface area (Å²) in [6.07, 6.45) is 4.65. The summed E-state index contributed by atoms with van der Waals surface area (Å²) in [6, 6.07) is 8.30. The second kappa shape index (κ2) is 5.31. The highest BCUT2D eigenvalue weighted by atomic mass is 16.5. The highest BCUT2D eigenvalue weighted by Crippen LogP contribution is 2.37. The van der Waals surface area contributed by atoms with E-state index in [1.807, 2.05) is 6.07 Å². The Bertz CT molecular complexity index is 404. The Morgan fingerprint density at radius 2 is 2.11 bits per heavy atom. The molecular weight excluding hydrogens is 222 g/mol. The topological polar surface area (TPSA) is 35.2 Å². The maximum Gasteiger partial charge on any atom is 0.119 e. The molecule has 1 aliphatic rings. The van der Waals surface area contributed by atoms with Crippen LogP contribution in [0.5, 0.6) is 5.75 Å². The van der Waals surface area contributed by atoms with Crippen molar-refractivity contribution in [3.05, 3.63) is 29.8 Å². The van der Waals surface area contributed by atoms with Crippen molar-refractivity contribution in [2.45, 2.75) is 45.1 Å². The Morgan fingerprint density at radius 1 is 1.33 bits per heavy atom. The van der Waals surface area contributed by atoms with Crippen LogP contribution in [-0.4, -0.2) is 12.6 Å². The van der Waals surface area contributed by atoms with Gasteiger partial charge in [0.2, 0.25) is 0 Å². The quantitative estimate of drug-likeness (QED) is 0.888. The van der Waals surface area contributed by atoms with Gasteiger partial charge in [-0.15, -0.1) is 0 Å². The van der Waals surface area contributed by atoms with Crippen LogP contribution >= 0.6 is 0 Å². The Labute approximate surface area is 111 Å². The second-order valence-electron chi connectivity index (χ2n) is 6.05. The lowest BCUT2D eigenvalue weighted by atomic mass is 9.68. The highest BCUT2D eigenvalue weighted by Gasteiger charge is 2.37. The van der Waals surface area contributed by atoms with Crippen LogP contribution in [0.3, 0.4) is 0 Å². The van der Waals surface area contributed by atoms with Crippen molar-refractivity contribution < 1.29 is 4.74 Å². The van der Waals surface area contributed by atoms with Crippen LogP contribution in [-0.2, 0) is 6.42 Å². The predicted molar refractivity (Wildman–Crippen MR) is 75.8 cm³/mol. The molecular formula is C16H25NO. The highest BCUT2D eigenvalue weighted by molar-refractivity contribution is 5.30. The van der Waals surface area contributed by atoms with Crippen LogP contribution < -0.4 is 10.5 Å². The molecule has 1 saturated carbocycles. The third-order valence-corrected chi connectivity index (χ3v) is 4.47. The molecule has 0 aliphatic heterocycles. The molecule has 100 valence electrons. The summed E-state index contributed by atoms with van der Waals surface area (Å²) in [6.45, 7) is 4.62. The fourth-order valence-corrected chi connectivity index (χ4v) is 3.18. The van der Waals surface area contributed by atoms with Gasteiger partial charge in [0, 0.05) is 5.54 Å². The fraction of sp³-hybridized carbons (Fsp3) is 0.625. The van der Waals surface area contributed by atoms with Gasteiger partial charge in [0.15, 0.2) is 0 Å². The van der Waals surface area contributed by atoms with Gasteiger partial charge in [-0.1, -0.05) is 32.4 Å². The molecule has 0 radical (unpaired) electrons. The predicted octanol–water partition coefficient (Wildman–Crippen LogP) is 3.39. The van der Waals surface area contributed by atoms with Crippen LogP contribution in [0.2, 0.25) is 0 Å². The van der Waals surface area contributed by atoms with Crippen molar-refractivity contribution in [2.75, 3.05) is 7.11 Å². The van der Waals surface area contributed by atoms with E-state index < -0.39 is 0 Å². The minimum Gasteiger partial charge on any atom is -0.497 e. The number of methoxy groups -OCH3 is 1. The number of benzene rings is 1. The molecule has 2 heteroatoms. The molecule has 0 saturated heterocycles. The van der Waals surface area contributed by atoms with E-state index >= 15 is 0 Å². The molecule has 2 rings (SSSR count). The summed E-state index contributed by atoms with van der Waals surface area (Å²) in [5, 5.41) is 0. The smallest absolute Gasteiger partial charge is 0.119 e. The van der Waals surface area contributed by atoms with Crippen molar-refractivity contribution in [3.63, 3.8) is 0 Å². The monoisotopic (exact) mass is 247 g/mol. The Morgan fingerprint density at radius 3 is 2.83 bits per heavy atom. The molecule has 3 atom stereocenters. The van der Waals surface area contributed by atoms with Gasteiger partial charge in [0.25, 0.3) is 0 Å². The van der Waals surface area contributed by atoms with Gasteiger partial charge < -0.3 is 10.5 Å². The summed E-state index contributed by atoms with van der Waals surface area (Å²) >= 11 is 0. The zero-order valence-electron chi connectivity index (χ0n) is 11.8. The van der Waals surface area contributed by atoms with Gasteiger partial charge in [-0.05, 0) is 48.8 Å². The third kappa shape index (κ3) is 2.86. The van der Waals surface area contributed by atoms with E-state index in [0.29, 0.717) is 5.92 Å². The molecule has 1 aromatic carbocycles. The van der Waals surface area contributed by atoms with Crippen molar-refractivity contribution in [1.29, 1.82) is 0 Å². The lowest BCUT2D eigenvalue weighted by Crippen LogP contribution is -2.51. The zero-order chi connectivity index (χ0) is 13.2. The minimum atomic E-state index is -0.0516. The van der Waals surface area contributed by atoms with E-state index in [-0.39, 0.29) is 5.54 Å². The molecule has 0 bridgehead atoms. The van der Waals surface area contributed by atoms with Crippen LogP contribution in [0.4, 0.5) is 0 Å². The molecule has 1 aromatic rings. The summed E-state index contributed by atoms with van der Waals surface area (Å²) in [5.41, 5.74) is 7.91. The fourth-order valence-electron chi connectivity index (χ4n) is 3.18. The molecule has 18 heavy (non-hydrogen) atoms. The number of ether oxygens (including phenoxy) is 1. The first-order valence-corrected chi connectivity index (χ1v) is 6.95. The van der Waals surface area contributed by atoms with Gasteiger partial charge in [-0.25, -0.2) is 0 Å². The van der Waals surface area contributed by atoms with Gasteiger partial charge in [-0.3, -0.25) is 0 Å². The van der Waals surface area contributed by atoms with Crippen molar-refractivity contribution in [1.82, 2.24) is 0 Å². The number of nitrogens with two attached hydrogens (primary N) is 1. The van der Waals surface area contributed by atoms with Gasteiger partial charge in [0.05, 0.1) is 7.11 Å². The summed E-state index contributed by atoms with van der Waals surface area (Å²) in [4.78, 5) is 0. The first kappa shape index (κ1) is 13.4. The van der Waals surface area contributed by atoms with E-state index in [1.54, 1.807) is 7.11 Å². The lowest BCUT2D eigenvalue weighted by Gasteiger charge is -2.42. The molecule has 0 spiro atoms. The summed E-state index contributed by atoms with van der Waals surface area (Å²) < 4.78 is 5.28. The molecule has 2 N–H and O–H groups in total. The molecule has 2 nitrogen and oxygen atoms in total. The van der Waals surface area contributed by atoms with Crippen LogP contribution in [0.25, 0.3) is 0 Å². The van der Waals surface area contributed by atoms with Gasteiger partial charge >= 0.3 is 0 Å². The first-order chi connectivity index (χ1) is 8.53. The normalized spacial score (nSPS) is 32.2. The third-order valence-electron chi connectivity index (χ3n) is 4.47. The largest absolute Gasteiger partial charge is 0.497 e. The van der Waals surface area contributed by atoms with E-state index in [2.05, 4.69) is 32.0 Å². The van der Waals surface area contributed by atoms with Crippen LogP contribution in [0.1, 0.15) is 38.7 Å². The van der Waals surface area contributed by atoms with E-state index in [4.69, 9.17) is 10.5 Å². The summed E-state index contributed by atoms with van der Waals surface area (Å²) in [5.74, 6) is 2.27. The zero-order valence-corrected chi connectivity index (χ0v) is 11.8. The number of hydrogen-bond donors (Lipinski definition) is 1. The van der Waals surface area contributed by atoms with Crippen molar-refractivity contribution in [3.8, 4) is 5.75 Å². The SMILES string of the molecule is COc1cccc(CC2(N)CC(C)CCC2C)c1. The Hall–Kier alpha value is -1.02.